The molecule has 3 rings (SSSR count). The van der Waals surface area contributed by atoms with E-state index in [4.69, 9.17) is 0 Å². The first-order chi connectivity index (χ1) is 8.33. The van der Waals surface area contributed by atoms with Crippen molar-refractivity contribution in [3.63, 3.8) is 0 Å². The van der Waals surface area contributed by atoms with Crippen molar-refractivity contribution in [3.8, 4) is 0 Å². The van der Waals surface area contributed by atoms with E-state index in [-0.39, 0.29) is 0 Å². The van der Waals surface area contributed by atoms with E-state index < -0.39 is 0 Å². The number of aromatic nitrogens is 4. The number of nitrogens with zero attached hydrogens (tertiary/aromatic N) is 4. The van der Waals surface area contributed by atoms with Crippen molar-refractivity contribution in [1.29, 1.82) is 0 Å². The lowest BCUT2D eigenvalue weighted by atomic mass is 10.4. The summed E-state index contributed by atoms with van der Waals surface area (Å²) in [6.45, 7) is 2.77. The molecular formula is C11H11N5S. The second-order valence-electron chi connectivity index (χ2n) is 3.66. The quantitative estimate of drug-likeness (QED) is 0.767. The number of nitrogens with one attached hydrogen (secondary N) is 1. The summed E-state index contributed by atoms with van der Waals surface area (Å²) in [6, 6.07) is 3.79. The van der Waals surface area contributed by atoms with E-state index in [9.17, 15) is 0 Å². The standard InChI is InChI=1S/C11H11N5S/c1-8-9(17-7-13-8)6-12-10-3-5-16-11(15-10)2-4-14-16/h2-5,7H,6H2,1H3,(H,12,15). The van der Waals surface area contributed by atoms with Crippen LogP contribution in [0, 0.1) is 6.92 Å². The van der Waals surface area contributed by atoms with Crippen LogP contribution in [-0.4, -0.2) is 19.6 Å². The molecule has 0 aliphatic rings. The fraction of sp³-hybridized carbons (Fsp3) is 0.182. The van der Waals surface area contributed by atoms with Gasteiger partial charge in [-0.15, -0.1) is 11.3 Å². The van der Waals surface area contributed by atoms with Gasteiger partial charge in [0.2, 0.25) is 0 Å². The highest BCUT2D eigenvalue weighted by molar-refractivity contribution is 7.09. The monoisotopic (exact) mass is 245 g/mol. The summed E-state index contributed by atoms with van der Waals surface area (Å²) in [4.78, 5) is 9.89. The van der Waals surface area contributed by atoms with Gasteiger partial charge >= 0.3 is 0 Å². The zero-order valence-corrected chi connectivity index (χ0v) is 10.1. The Hall–Kier alpha value is -1.95. The fourth-order valence-electron chi connectivity index (χ4n) is 1.58. The van der Waals surface area contributed by atoms with Gasteiger partial charge < -0.3 is 5.32 Å². The van der Waals surface area contributed by atoms with E-state index in [0.29, 0.717) is 0 Å². The van der Waals surface area contributed by atoms with Crippen molar-refractivity contribution in [1.82, 2.24) is 19.6 Å². The van der Waals surface area contributed by atoms with Crippen LogP contribution >= 0.6 is 11.3 Å². The maximum absolute atomic E-state index is 4.44. The molecule has 0 bridgehead atoms. The van der Waals surface area contributed by atoms with Gasteiger partial charge in [-0.2, -0.15) is 5.10 Å². The summed E-state index contributed by atoms with van der Waals surface area (Å²) in [6.07, 6.45) is 3.63. The lowest BCUT2D eigenvalue weighted by molar-refractivity contribution is 0.936. The molecule has 17 heavy (non-hydrogen) atoms. The van der Waals surface area contributed by atoms with Gasteiger partial charge in [0.15, 0.2) is 5.65 Å². The summed E-state index contributed by atoms with van der Waals surface area (Å²) >= 11 is 1.66. The molecule has 0 atom stereocenters. The van der Waals surface area contributed by atoms with Gasteiger partial charge in [0, 0.05) is 17.1 Å². The van der Waals surface area contributed by atoms with Crippen LogP contribution in [0.2, 0.25) is 0 Å². The Morgan fingerprint density at radius 2 is 2.35 bits per heavy atom. The highest BCUT2D eigenvalue weighted by Gasteiger charge is 2.02. The summed E-state index contributed by atoms with van der Waals surface area (Å²) in [5.74, 6) is 0.853. The van der Waals surface area contributed by atoms with Gasteiger partial charge in [-0.05, 0) is 13.0 Å². The molecule has 3 aromatic rings. The molecule has 0 radical (unpaired) electrons. The first kappa shape index (κ1) is 10.2. The highest BCUT2D eigenvalue weighted by Crippen LogP contribution is 2.14. The van der Waals surface area contributed by atoms with Crippen LogP contribution in [0.3, 0.4) is 0 Å². The smallest absolute Gasteiger partial charge is 0.157 e. The molecule has 0 spiro atoms. The molecule has 0 unspecified atom stereocenters. The van der Waals surface area contributed by atoms with Crippen molar-refractivity contribution in [2.24, 2.45) is 0 Å². The number of fused-ring (bicyclic) bond motifs is 1. The molecule has 1 N–H and O–H groups in total. The Labute approximate surface area is 102 Å². The number of aryl methyl sites for hydroxylation is 1. The van der Waals surface area contributed by atoms with E-state index in [1.54, 1.807) is 22.0 Å². The Bertz CT molecular complexity index is 642. The lowest BCUT2D eigenvalue weighted by Crippen LogP contribution is -2.02. The van der Waals surface area contributed by atoms with Crippen LogP contribution < -0.4 is 5.32 Å². The average molecular weight is 245 g/mol. The van der Waals surface area contributed by atoms with E-state index in [1.165, 1.54) is 4.88 Å². The molecule has 0 amide bonds. The van der Waals surface area contributed by atoms with E-state index >= 15 is 0 Å². The maximum atomic E-state index is 4.44. The third-order valence-corrected chi connectivity index (χ3v) is 3.47. The van der Waals surface area contributed by atoms with Gasteiger partial charge in [-0.25, -0.2) is 14.5 Å². The van der Waals surface area contributed by atoms with Crippen LogP contribution in [0.15, 0.2) is 30.0 Å². The minimum Gasteiger partial charge on any atom is -0.365 e. The number of anilines is 1. The molecule has 6 heteroatoms. The minimum absolute atomic E-state index is 0.758. The molecule has 0 aliphatic heterocycles. The molecule has 0 fully saturated rings. The average Bonchev–Trinajstić information content (AvgIpc) is 2.94. The molecule has 0 saturated carbocycles. The zero-order valence-electron chi connectivity index (χ0n) is 9.29. The molecule has 3 heterocycles. The molecule has 0 aliphatic carbocycles. The summed E-state index contributed by atoms with van der Waals surface area (Å²) in [7, 11) is 0. The van der Waals surface area contributed by atoms with E-state index in [1.807, 2.05) is 30.8 Å². The Morgan fingerprint density at radius 1 is 1.41 bits per heavy atom. The van der Waals surface area contributed by atoms with Crippen molar-refractivity contribution in [2.75, 3.05) is 5.32 Å². The predicted octanol–water partition coefficient (Wildman–Crippen LogP) is 2.11. The number of hydrogen-bond acceptors (Lipinski definition) is 5. The molecule has 0 aromatic carbocycles. The summed E-state index contributed by atoms with van der Waals surface area (Å²) < 4.78 is 1.74. The van der Waals surface area contributed by atoms with Crippen LogP contribution in [0.4, 0.5) is 5.82 Å². The molecule has 5 nitrogen and oxygen atoms in total. The van der Waals surface area contributed by atoms with Gasteiger partial charge in [-0.1, -0.05) is 0 Å². The number of rotatable bonds is 3. The van der Waals surface area contributed by atoms with Gasteiger partial charge in [0.05, 0.1) is 23.9 Å². The fourth-order valence-corrected chi connectivity index (χ4v) is 2.29. The largest absolute Gasteiger partial charge is 0.365 e. The molecule has 86 valence electrons. The second-order valence-corrected chi connectivity index (χ2v) is 4.60. The molecule has 3 aromatic heterocycles. The van der Waals surface area contributed by atoms with Crippen LogP contribution in [0.25, 0.3) is 5.65 Å². The third-order valence-electron chi connectivity index (χ3n) is 2.53. The maximum Gasteiger partial charge on any atom is 0.157 e. The number of thiazole rings is 1. The van der Waals surface area contributed by atoms with Crippen LogP contribution in [0.1, 0.15) is 10.6 Å². The topological polar surface area (TPSA) is 55.1 Å². The van der Waals surface area contributed by atoms with Gasteiger partial charge in [-0.3, -0.25) is 0 Å². The Balaban J connectivity index is 1.78. The van der Waals surface area contributed by atoms with E-state index in [2.05, 4.69) is 20.4 Å². The first-order valence-electron chi connectivity index (χ1n) is 5.26. The lowest BCUT2D eigenvalue weighted by Gasteiger charge is -2.04. The first-order valence-corrected chi connectivity index (χ1v) is 6.14. The van der Waals surface area contributed by atoms with Crippen LogP contribution in [0.5, 0.6) is 0 Å². The Morgan fingerprint density at radius 3 is 3.18 bits per heavy atom. The predicted molar refractivity (Wildman–Crippen MR) is 67.2 cm³/mol. The third kappa shape index (κ3) is 1.99. The summed E-state index contributed by atoms with van der Waals surface area (Å²) in [5, 5.41) is 7.39. The van der Waals surface area contributed by atoms with Crippen molar-refractivity contribution < 1.29 is 0 Å². The van der Waals surface area contributed by atoms with Crippen molar-refractivity contribution >= 4 is 22.8 Å². The minimum atomic E-state index is 0.758. The van der Waals surface area contributed by atoms with Gasteiger partial charge in [0.25, 0.3) is 0 Å². The second kappa shape index (κ2) is 4.14. The van der Waals surface area contributed by atoms with Crippen molar-refractivity contribution in [3.05, 3.63) is 40.6 Å². The summed E-state index contributed by atoms with van der Waals surface area (Å²) in [5.41, 5.74) is 3.78. The van der Waals surface area contributed by atoms with Crippen molar-refractivity contribution in [2.45, 2.75) is 13.5 Å². The number of hydrogen-bond donors (Lipinski definition) is 1. The van der Waals surface area contributed by atoms with E-state index in [0.717, 1.165) is 23.7 Å². The van der Waals surface area contributed by atoms with Crippen LogP contribution in [-0.2, 0) is 6.54 Å². The molecular weight excluding hydrogens is 234 g/mol. The Kier molecular flexibility index (Phi) is 2.49. The normalized spacial score (nSPS) is 10.9. The zero-order chi connectivity index (χ0) is 11.7. The van der Waals surface area contributed by atoms with Gasteiger partial charge in [0.1, 0.15) is 5.82 Å². The highest BCUT2D eigenvalue weighted by atomic mass is 32.1. The SMILES string of the molecule is Cc1ncsc1CNc1ccn2nccc2n1. The molecule has 0 saturated heterocycles.